The molecule has 1 aromatic heterocycles. The zero-order valence-electron chi connectivity index (χ0n) is 8.66. The molecule has 5 heteroatoms. The van der Waals surface area contributed by atoms with E-state index in [4.69, 9.17) is 0 Å². The van der Waals surface area contributed by atoms with Gasteiger partial charge in [-0.25, -0.2) is 9.78 Å². The minimum atomic E-state index is -0.365. The first kappa shape index (κ1) is 11.7. The van der Waals surface area contributed by atoms with Crippen LogP contribution in [0.15, 0.2) is 6.20 Å². The molecule has 1 N–H and O–H groups in total. The van der Waals surface area contributed by atoms with Gasteiger partial charge in [0, 0.05) is 13.0 Å². The predicted octanol–water partition coefficient (Wildman–Crippen LogP) is 0.891. The molecular weight excluding hydrogens is 212 g/mol. The largest absolute Gasteiger partial charge is 0.465 e. The van der Waals surface area contributed by atoms with E-state index in [1.54, 1.807) is 0 Å². The fourth-order valence-electron chi connectivity index (χ4n) is 0.852. The molecule has 0 radical (unpaired) electrons. The second-order valence-corrected chi connectivity index (χ2v) is 3.71. The van der Waals surface area contributed by atoms with Crippen LogP contribution in [0.3, 0.4) is 0 Å². The van der Waals surface area contributed by atoms with Gasteiger partial charge in [0.05, 0.1) is 13.3 Å². The van der Waals surface area contributed by atoms with Gasteiger partial charge in [-0.15, -0.1) is 0 Å². The van der Waals surface area contributed by atoms with Crippen molar-refractivity contribution in [1.82, 2.24) is 10.3 Å². The normalized spacial score (nSPS) is 9.20. The molecular formula is C10H12N2O2S. The molecule has 80 valence electrons. The summed E-state index contributed by atoms with van der Waals surface area (Å²) in [6, 6.07) is 0. The first-order valence-corrected chi connectivity index (χ1v) is 5.27. The van der Waals surface area contributed by atoms with Crippen LogP contribution >= 0.6 is 11.3 Å². The second-order valence-electron chi connectivity index (χ2n) is 2.68. The highest BCUT2D eigenvalue weighted by Gasteiger charge is 2.08. The standard InChI is InChI=1S/C10H12N2O2S/c1-11-6-4-3-5-9-12-7-8(15-9)10(13)14-2/h7,11H,4,6H2,1-2H3. The fourth-order valence-corrected chi connectivity index (χ4v) is 1.56. The number of carbonyl (C=O) groups excluding carboxylic acids is 1. The molecule has 0 unspecified atom stereocenters. The molecule has 0 atom stereocenters. The number of rotatable bonds is 3. The predicted molar refractivity (Wildman–Crippen MR) is 58.9 cm³/mol. The van der Waals surface area contributed by atoms with E-state index in [2.05, 4.69) is 26.9 Å². The van der Waals surface area contributed by atoms with Crippen LogP contribution in [0.1, 0.15) is 21.1 Å². The van der Waals surface area contributed by atoms with Crippen LogP contribution in [-0.4, -0.2) is 31.7 Å². The highest BCUT2D eigenvalue weighted by Crippen LogP contribution is 2.12. The van der Waals surface area contributed by atoms with Crippen molar-refractivity contribution in [2.45, 2.75) is 6.42 Å². The Morgan fingerprint density at radius 1 is 1.73 bits per heavy atom. The van der Waals surface area contributed by atoms with Gasteiger partial charge in [0.25, 0.3) is 0 Å². The van der Waals surface area contributed by atoms with Gasteiger partial charge >= 0.3 is 5.97 Å². The first-order chi connectivity index (χ1) is 7.27. The molecule has 0 fully saturated rings. The quantitative estimate of drug-likeness (QED) is 0.470. The Labute approximate surface area is 92.7 Å². The highest BCUT2D eigenvalue weighted by molar-refractivity contribution is 7.14. The number of aromatic nitrogens is 1. The number of carbonyl (C=O) groups is 1. The molecule has 4 nitrogen and oxygen atoms in total. The lowest BCUT2D eigenvalue weighted by atomic mass is 10.4. The van der Waals surface area contributed by atoms with Gasteiger partial charge in [0.15, 0.2) is 5.01 Å². The lowest BCUT2D eigenvalue weighted by molar-refractivity contribution is 0.0606. The third-order valence-corrected chi connectivity index (χ3v) is 2.48. The van der Waals surface area contributed by atoms with Crippen LogP contribution in [0.4, 0.5) is 0 Å². The number of hydrogen-bond acceptors (Lipinski definition) is 5. The van der Waals surface area contributed by atoms with Crippen LogP contribution in [0.25, 0.3) is 0 Å². The van der Waals surface area contributed by atoms with Crippen molar-refractivity contribution in [2.24, 2.45) is 0 Å². The van der Waals surface area contributed by atoms with Crippen molar-refractivity contribution in [3.05, 3.63) is 16.1 Å². The number of hydrogen-bond donors (Lipinski definition) is 1. The maximum Gasteiger partial charge on any atom is 0.349 e. The SMILES string of the molecule is CNCCC#Cc1ncc(C(=O)OC)s1. The number of methoxy groups -OCH3 is 1. The average molecular weight is 224 g/mol. The fraction of sp³-hybridized carbons (Fsp3) is 0.400. The molecule has 0 saturated carbocycles. The van der Waals surface area contributed by atoms with Gasteiger partial charge in [-0.1, -0.05) is 17.3 Å². The molecule has 1 heterocycles. The molecule has 0 aliphatic rings. The van der Waals surface area contributed by atoms with E-state index in [0.717, 1.165) is 13.0 Å². The summed E-state index contributed by atoms with van der Waals surface area (Å²) >= 11 is 1.24. The molecule has 15 heavy (non-hydrogen) atoms. The second kappa shape index (κ2) is 6.17. The summed E-state index contributed by atoms with van der Waals surface area (Å²) in [4.78, 5) is 15.6. The zero-order valence-corrected chi connectivity index (χ0v) is 9.48. The Morgan fingerprint density at radius 2 is 2.53 bits per heavy atom. The van der Waals surface area contributed by atoms with Gasteiger partial charge in [-0.05, 0) is 13.0 Å². The lowest BCUT2D eigenvalue weighted by Crippen LogP contribution is -2.05. The summed E-state index contributed by atoms with van der Waals surface area (Å²) in [5, 5.41) is 3.64. The van der Waals surface area contributed by atoms with Crippen molar-refractivity contribution in [2.75, 3.05) is 20.7 Å². The van der Waals surface area contributed by atoms with E-state index < -0.39 is 0 Å². The molecule has 0 spiro atoms. The minimum absolute atomic E-state index is 0.365. The first-order valence-electron chi connectivity index (χ1n) is 4.45. The number of nitrogens with one attached hydrogen (secondary N) is 1. The lowest BCUT2D eigenvalue weighted by Gasteiger charge is -1.89. The van der Waals surface area contributed by atoms with Gasteiger partial charge < -0.3 is 10.1 Å². The van der Waals surface area contributed by atoms with E-state index in [9.17, 15) is 4.79 Å². The van der Waals surface area contributed by atoms with Crippen molar-refractivity contribution < 1.29 is 9.53 Å². The summed E-state index contributed by atoms with van der Waals surface area (Å²) < 4.78 is 4.57. The van der Waals surface area contributed by atoms with Gasteiger partial charge in [-0.3, -0.25) is 0 Å². The molecule has 0 aliphatic carbocycles. The van der Waals surface area contributed by atoms with Crippen LogP contribution in [0, 0.1) is 11.8 Å². The Balaban J connectivity index is 2.59. The molecule has 1 rings (SSSR count). The monoisotopic (exact) mass is 224 g/mol. The van der Waals surface area contributed by atoms with E-state index in [0.29, 0.717) is 9.88 Å². The molecule has 0 amide bonds. The molecule has 1 aromatic rings. The Kier molecular flexibility index (Phi) is 4.81. The van der Waals surface area contributed by atoms with E-state index >= 15 is 0 Å². The van der Waals surface area contributed by atoms with Crippen LogP contribution in [0.2, 0.25) is 0 Å². The Morgan fingerprint density at radius 3 is 3.20 bits per heavy atom. The summed E-state index contributed by atoms with van der Waals surface area (Å²) in [6.45, 7) is 0.849. The van der Waals surface area contributed by atoms with Gasteiger partial charge in [-0.2, -0.15) is 0 Å². The Hall–Kier alpha value is -1.38. The molecule has 0 saturated heterocycles. The smallest absolute Gasteiger partial charge is 0.349 e. The average Bonchev–Trinajstić information content (AvgIpc) is 2.72. The topological polar surface area (TPSA) is 51.2 Å². The van der Waals surface area contributed by atoms with Crippen LogP contribution < -0.4 is 5.32 Å². The third-order valence-electron chi connectivity index (χ3n) is 1.59. The molecule has 0 aliphatic heterocycles. The van der Waals surface area contributed by atoms with Gasteiger partial charge in [0.2, 0.25) is 0 Å². The van der Waals surface area contributed by atoms with Gasteiger partial charge in [0.1, 0.15) is 4.88 Å². The van der Waals surface area contributed by atoms with Crippen LogP contribution in [-0.2, 0) is 4.74 Å². The third kappa shape index (κ3) is 3.70. The number of esters is 1. The number of nitrogens with zero attached hydrogens (tertiary/aromatic N) is 1. The number of ether oxygens (including phenoxy) is 1. The van der Waals surface area contributed by atoms with Crippen LogP contribution in [0.5, 0.6) is 0 Å². The van der Waals surface area contributed by atoms with Crippen molar-refractivity contribution in [3.8, 4) is 11.8 Å². The summed E-state index contributed by atoms with van der Waals surface area (Å²) in [5.41, 5.74) is 0. The summed E-state index contributed by atoms with van der Waals surface area (Å²) in [7, 11) is 3.22. The van der Waals surface area contributed by atoms with Crippen molar-refractivity contribution in [3.63, 3.8) is 0 Å². The maximum atomic E-state index is 11.1. The van der Waals surface area contributed by atoms with Crippen molar-refractivity contribution >= 4 is 17.3 Å². The highest BCUT2D eigenvalue weighted by atomic mass is 32.1. The van der Waals surface area contributed by atoms with E-state index in [-0.39, 0.29) is 5.97 Å². The van der Waals surface area contributed by atoms with E-state index in [1.807, 2.05) is 7.05 Å². The zero-order chi connectivity index (χ0) is 11.1. The molecule has 0 aromatic carbocycles. The Bertz CT molecular complexity index is 390. The summed E-state index contributed by atoms with van der Waals surface area (Å²) in [5.74, 6) is 5.48. The maximum absolute atomic E-state index is 11.1. The van der Waals surface area contributed by atoms with Crippen molar-refractivity contribution in [1.29, 1.82) is 0 Å². The van der Waals surface area contributed by atoms with E-state index in [1.165, 1.54) is 24.6 Å². The molecule has 0 bridgehead atoms. The summed E-state index contributed by atoms with van der Waals surface area (Å²) in [6.07, 6.45) is 2.25. The minimum Gasteiger partial charge on any atom is -0.465 e. The number of thiazole rings is 1.